The second-order valence-electron chi connectivity index (χ2n) is 6.04. The average Bonchev–Trinajstić information content (AvgIpc) is 3.19. The van der Waals surface area contributed by atoms with Gasteiger partial charge in [0.05, 0.1) is 15.4 Å². The number of aromatic amines is 1. The van der Waals surface area contributed by atoms with Crippen LogP contribution in [0.1, 0.15) is 16.3 Å². The Hall–Kier alpha value is -3.17. The first-order chi connectivity index (χ1) is 14.0. The fraction of sp³-hybridized carbons (Fsp3) is 0.0500. The summed E-state index contributed by atoms with van der Waals surface area (Å²) in [5.74, 6) is 0.546. The van der Waals surface area contributed by atoms with Crippen molar-refractivity contribution in [3.05, 3.63) is 91.8 Å². The molecule has 2 aromatic heterocycles. The van der Waals surface area contributed by atoms with Crippen molar-refractivity contribution in [2.75, 3.05) is 5.43 Å². The van der Waals surface area contributed by atoms with Gasteiger partial charge in [0, 0.05) is 0 Å². The summed E-state index contributed by atoms with van der Waals surface area (Å²) in [4.78, 5) is 28.1. The zero-order valence-corrected chi connectivity index (χ0v) is 17.2. The molecular formula is C20H14BrN3O4S. The Bertz CT molecular complexity index is 1330. The molecule has 29 heavy (non-hydrogen) atoms. The minimum Gasteiger partial charge on any atom is -0.484 e. The van der Waals surface area contributed by atoms with Crippen LogP contribution in [-0.4, -0.2) is 15.6 Å². The van der Waals surface area contributed by atoms with Gasteiger partial charge >= 0.3 is 5.91 Å². The maximum Gasteiger partial charge on any atom is 0.305 e. The van der Waals surface area contributed by atoms with Gasteiger partial charge in [0.25, 0.3) is 5.56 Å². The second-order valence-corrected chi connectivity index (χ2v) is 7.28. The van der Waals surface area contributed by atoms with E-state index in [1.165, 1.54) is 6.07 Å². The number of halogens is 1. The predicted molar refractivity (Wildman–Crippen MR) is 114 cm³/mol. The van der Waals surface area contributed by atoms with Crippen LogP contribution in [0.3, 0.4) is 0 Å². The number of furan rings is 1. The molecule has 0 aliphatic heterocycles. The lowest BCUT2D eigenvalue weighted by Crippen LogP contribution is -2.34. The first kappa shape index (κ1) is 19.2. The Morgan fingerprint density at radius 3 is 2.72 bits per heavy atom. The van der Waals surface area contributed by atoms with Gasteiger partial charge in [-0.25, -0.2) is 0 Å². The quantitative estimate of drug-likeness (QED) is 0.421. The molecule has 4 aromatic rings. The largest absolute Gasteiger partial charge is 0.484 e. The summed E-state index contributed by atoms with van der Waals surface area (Å²) in [7, 11) is 0. The molecule has 0 aliphatic carbocycles. The Morgan fingerprint density at radius 1 is 1.14 bits per heavy atom. The molecule has 0 spiro atoms. The van der Waals surface area contributed by atoms with Crippen LogP contribution in [0.25, 0.3) is 10.9 Å². The lowest BCUT2D eigenvalue weighted by atomic mass is 10.2. The molecule has 2 aromatic carbocycles. The van der Waals surface area contributed by atoms with E-state index in [9.17, 15) is 9.59 Å². The molecule has 7 nitrogen and oxygen atoms in total. The van der Waals surface area contributed by atoms with Crippen LogP contribution >= 0.6 is 28.1 Å². The summed E-state index contributed by atoms with van der Waals surface area (Å²) in [5, 5.41) is 0.406. The van der Waals surface area contributed by atoms with E-state index >= 15 is 0 Å². The number of nitrogens with zero attached hydrogens (tertiary/aromatic N) is 1. The molecule has 0 unspecified atom stereocenters. The highest BCUT2D eigenvalue weighted by atomic mass is 79.9. The van der Waals surface area contributed by atoms with Crippen LogP contribution in [0.15, 0.2) is 74.3 Å². The average molecular weight is 472 g/mol. The molecule has 2 N–H and O–H groups in total. The summed E-state index contributed by atoms with van der Waals surface area (Å²) in [5.41, 5.74) is 2.64. The number of para-hydroxylation sites is 2. The number of carbonyl (C=O) groups is 1. The number of amides is 1. The minimum atomic E-state index is -0.603. The Morgan fingerprint density at radius 2 is 1.90 bits per heavy atom. The molecule has 2 heterocycles. The fourth-order valence-corrected chi connectivity index (χ4v) is 3.35. The smallest absolute Gasteiger partial charge is 0.305 e. The highest BCUT2D eigenvalue weighted by Crippen LogP contribution is 2.25. The zero-order valence-electron chi connectivity index (χ0n) is 14.8. The maximum atomic E-state index is 12.6. The fourth-order valence-electron chi connectivity index (χ4n) is 2.71. The van der Waals surface area contributed by atoms with Crippen molar-refractivity contribution in [1.29, 1.82) is 0 Å². The molecule has 4 rings (SSSR count). The van der Waals surface area contributed by atoms with E-state index in [0.29, 0.717) is 22.4 Å². The number of ether oxygens (including phenoxy) is 1. The van der Waals surface area contributed by atoms with Crippen LogP contribution in [0.2, 0.25) is 0 Å². The topological polar surface area (TPSA) is 89.3 Å². The molecule has 0 bridgehead atoms. The number of aromatic nitrogens is 2. The molecule has 0 radical (unpaired) electrons. The van der Waals surface area contributed by atoms with Gasteiger partial charge in [0.2, 0.25) is 0 Å². The van der Waals surface area contributed by atoms with Gasteiger partial charge in [-0.15, -0.1) is 0 Å². The van der Waals surface area contributed by atoms with E-state index in [1.54, 1.807) is 30.3 Å². The van der Waals surface area contributed by atoms with Crippen LogP contribution in [0, 0.1) is 4.77 Å². The Balaban J connectivity index is 1.51. The molecule has 0 saturated carbocycles. The van der Waals surface area contributed by atoms with Gasteiger partial charge in [-0.3, -0.25) is 15.0 Å². The van der Waals surface area contributed by atoms with Crippen molar-refractivity contribution < 1.29 is 13.9 Å². The molecular weight excluding hydrogens is 458 g/mol. The molecule has 0 saturated heterocycles. The van der Waals surface area contributed by atoms with E-state index in [0.717, 1.165) is 9.15 Å². The van der Waals surface area contributed by atoms with Crippen molar-refractivity contribution in [2.45, 2.75) is 6.61 Å². The van der Waals surface area contributed by atoms with Gasteiger partial charge in [0.1, 0.15) is 18.1 Å². The summed E-state index contributed by atoms with van der Waals surface area (Å²) in [6.45, 7) is 0.145. The number of hydrogen-bond acceptors (Lipinski definition) is 5. The Labute approximate surface area is 178 Å². The third-order valence-electron chi connectivity index (χ3n) is 4.11. The van der Waals surface area contributed by atoms with Crippen LogP contribution in [-0.2, 0) is 6.61 Å². The van der Waals surface area contributed by atoms with E-state index in [1.807, 2.05) is 24.3 Å². The maximum absolute atomic E-state index is 12.6. The van der Waals surface area contributed by atoms with Gasteiger partial charge in [-0.2, -0.15) is 4.68 Å². The van der Waals surface area contributed by atoms with Gasteiger partial charge in [0.15, 0.2) is 10.5 Å². The first-order valence-electron chi connectivity index (χ1n) is 8.54. The molecule has 9 heteroatoms. The monoisotopic (exact) mass is 471 g/mol. The summed E-state index contributed by atoms with van der Waals surface area (Å²) in [6, 6.07) is 17.5. The lowest BCUT2D eigenvalue weighted by Gasteiger charge is -2.08. The number of hydrogen-bond donors (Lipinski definition) is 2. The van der Waals surface area contributed by atoms with Gasteiger partial charge in [-0.05, 0) is 64.5 Å². The molecule has 0 fully saturated rings. The highest BCUT2D eigenvalue weighted by molar-refractivity contribution is 9.10. The van der Waals surface area contributed by atoms with Gasteiger partial charge in [-0.1, -0.05) is 24.3 Å². The standard InChI is InChI=1S/C20H14BrN3O4S/c21-14-6-2-4-8-16(14)27-11-12-9-10-17(28-12)18(25)23-24-19(26)13-5-1-3-7-15(13)22-20(24)29/h1-10H,11H2,(H,22,29)(H,23,25). The number of fused-ring (bicyclic) bond motifs is 1. The van der Waals surface area contributed by atoms with Crippen molar-refractivity contribution in [3.8, 4) is 5.75 Å². The van der Waals surface area contributed by atoms with Crippen LogP contribution in [0.5, 0.6) is 5.75 Å². The number of rotatable bonds is 5. The zero-order chi connectivity index (χ0) is 20.4. The van der Waals surface area contributed by atoms with Crippen molar-refractivity contribution in [3.63, 3.8) is 0 Å². The molecule has 0 atom stereocenters. The van der Waals surface area contributed by atoms with Crippen LogP contribution in [0.4, 0.5) is 0 Å². The van der Waals surface area contributed by atoms with E-state index in [-0.39, 0.29) is 17.1 Å². The van der Waals surface area contributed by atoms with Crippen molar-refractivity contribution in [2.24, 2.45) is 0 Å². The number of carbonyl (C=O) groups excluding carboxylic acids is 1. The Kier molecular flexibility index (Phi) is 5.32. The summed E-state index contributed by atoms with van der Waals surface area (Å²) >= 11 is 8.59. The van der Waals surface area contributed by atoms with E-state index in [4.69, 9.17) is 21.4 Å². The van der Waals surface area contributed by atoms with Crippen LogP contribution < -0.4 is 15.7 Å². The molecule has 146 valence electrons. The summed E-state index contributed by atoms with van der Waals surface area (Å²) < 4.78 is 13.1. The van der Waals surface area contributed by atoms with Crippen molar-refractivity contribution >= 4 is 45.0 Å². The van der Waals surface area contributed by atoms with Crippen molar-refractivity contribution in [1.82, 2.24) is 9.66 Å². The minimum absolute atomic E-state index is 0.0326. The number of H-pyrrole nitrogens is 1. The predicted octanol–water partition coefficient (Wildman–Crippen LogP) is 4.38. The highest BCUT2D eigenvalue weighted by Gasteiger charge is 2.15. The first-order valence-corrected chi connectivity index (χ1v) is 9.74. The second kappa shape index (κ2) is 8.06. The SMILES string of the molecule is O=C(Nn1c(=S)[nH]c2ccccc2c1=O)c1ccc(COc2ccccc2Br)o1. The number of nitrogens with one attached hydrogen (secondary N) is 2. The third kappa shape index (κ3) is 4.01. The third-order valence-corrected chi connectivity index (χ3v) is 5.05. The molecule has 1 amide bonds. The number of benzene rings is 2. The normalized spacial score (nSPS) is 10.8. The molecule has 0 aliphatic rings. The lowest BCUT2D eigenvalue weighted by molar-refractivity contribution is 0.0976. The van der Waals surface area contributed by atoms with E-state index in [2.05, 4.69) is 26.3 Å². The van der Waals surface area contributed by atoms with E-state index < -0.39 is 11.5 Å². The summed E-state index contributed by atoms with van der Waals surface area (Å²) in [6.07, 6.45) is 0. The van der Waals surface area contributed by atoms with Gasteiger partial charge < -0.3 is 14.1 Å².